The smallest absolute Gasteiger partial charge is 0.475 e. The number of amidine groups is 1. The number of halogens is 3. The normalized spacial score (nSPS) is 14.3. The number of carboxylic acid groups (broad SMARTS) is 1. The number of amides is 1. The lowest BCUT2D eigenvalue weighted by Gasteiger charge is -2.23. The lowest BCUT2D eigenvalue weighted by Crippen LogP contribution is -2.42. The van der Waals surface area contributed by atoms with E-state index in [0.717, 1.165) is 5.56 Å². The average molecular weight is 567 g/mol. The number of ether oxygens (including phenoxy) is 1. The first-order valence-corrected chi connectivity index (χ1v) is 12.1. The largest absolute Gasteiger partial charge is 0.490 e. The topological polar surface area (TPSA) is 172 Å². The molecule has 0 saturated heterocycles. The molecule has 1 amide bonds. The number of methoxy groups -OCH3 is 1. The van der Waals surface area contributed by atoms with Crippen LogP contribution in [0.5, 0.6) is 0 Å². The van der Waals surface area contributed by atoms with Gasteiger partial charge in [-0.05, 0) is 31.0 Å². The van der Waals surface area contributed by atoms with Crippen LogP contribution in [-0.4, -0.2) is 59.6 Å². The lowest BCUT2D eigenvalue weighted by molar-refractivity contribution is -0.192. The molecule has 2 aromatic rings. The Labute approximate surface area is 224 Å². The predicted octanol–water partition coefficient (Wildman–Crippen LogP) is 3.09. The minimum absolute atomic E-state index is 0.0622. The van der Waals surface area contributed by atoms with Gasteiger partial charge >= 0.3 is 18.1 Å². The van der Waals surface area contributed by atoms with Gasteiger partial charge in [0.05, 0.1) is 17.9 Å². The summed E-state index contributed by atoms with van der Waals surface area (Å²) >= 11 is 1.21. The van der Waals surface area contributed by atoms with Crippen molar-refractivity contribution in [2.75, 3.05) is 7.11 Å². The Hall–Kier alpha value is -4.33. The number of aliphatic carboxylic acids is 1. The van der Waals surface area contributed by atoms with E-state index in [1.54, 1.807) is 48.8 Å². The van der Waals surface area contributed by atoms with Crippen LogP contribution in [-0.2, 0) is 25.5 Å². The van der Waals surface area contributed by atoms with Gasteiger partial charge in [-0.3, -0.25) is 24.8 Å². The van der Waals surface area contributed by atoms with Crippen LogP contribution in [0, 0.1) is 11.3 Å². The molecule has 0 radical (unpaired) electrons. The number of rotatable bonds is 8. The van der Waals surface area contributed by atoms with Crippen LogP contribution in [0.15, 0.2) is 53.0 Å². The minimum Gasteiger partial charge on any atom is -0.475 e. The Morgan fingerprint density at radius 1 is 1.28 bits per heavy atom. The second-order valence-corrected chi connectivity index (χ2v) is 9.11. The third-order valence-electron chi connectivity index (χ3n) is 5.38. The molecule has 14 heteroatoms. The Bertz CT molecular complexity index is 1320. The first-order chi connectivity index (χ1) is 18.2. The van der Waals surface area contributed by atoms with Gasteiger partial charge in [0, 0.05) is 35.2 Å². The summed E-state index contributed by atoms with van der Waals surface area (Å²) in [6.45, 7) is 1.74. The fourth-order valence-electron chi connectivity index (χ4n) is 3.38. The fraction of sp³-hybridized carbons (Fsp3) is 0.280. The monoisotopic (exact) mass is 566 g/mol. The second-order valence-electron chi connectivity index (χ2n) is 8.20. The van der Waals surface area contributed by atoms with Gasteiger partial charge in [0.15, 0.2) is 5.78 Å². The van der Waals surface area contributed by atoms with Crippen LogP contribution in [0.2, 0.25) is 0 Å². The maximum Gasteiger partial charge on any atom is 0.490 e. The molecule has 0 spiro atoms. The van der Waals surface area contributed by atoms with E-state index in [-0.39, 0.29) is 17.5 Å². The molecule has 3 rings (SSSR count). The van der Waals surface area contributed by atoms with E-state index in [0.29, 0.717) is 34.6 Å². The molecule has 2 heterocycles. The number of nitrogens with zero attached hydrogens (tertiary/aromatic N) is 1. The molecule has 39 heavy (non-hydrogen) atoms. The summed E-state index contributed by atoms with van der Waals surface area (Å²) in [7, 11) is 1.30. The van der Waals surface area contributed by atoms with Gasteiger partial charge in [-0.1, -0.05) is 24.3 Å². The maximum absolute atomic E-state index is 12.8. The molecule has 1 aliphatic rings. The van der Waals surface area contributed by atoms with Gasteiger partial charge in [-0.25, -0.2) is 4.79 Å². The highest BCUT2D eigenvalue weighted by Gasteiger charge is 2.38. The zero-order valence-corrected chi connectivity index (χ0v) is 21.6. The van der Waals surface area contributed by atoms with E-state index in [1.807, 2.05) is 6.07 Å². The van der Waals surface area contributed by atoms with E-state index in [1.165, 1.54) is 18.4 Å². The Morgan fingerprint density at radius 2 is 1.95 bits per heavy atom. The first kappa shape index (κ1) is 30.9. The van der Waals surface area contributed by atoms with Gasteiger partial charge in [0.25, 0.3) is 5.91 Å². The van der Waals surface area contributed by atoms with Crippen LogP contribution in [0.3, 0.4) is 0 Å². The fourth-order valence-corrected chi connectivity index (χ4v) is 4.18. The van der Waals surface area contributed by atoms with E-state index in [4.69, 9.17) is 25.8 Å². The molecule has 0 unspecified atom stereocenters. The molecule has 0 saturated carbocycles. The van der Waals surface area contributed by atoms with Crippen molar-refractivity contribution in [3.63, 3.8) is 0 Å². The molecule has 2 atom stereocenters. The Balaban J connectivity index is 0.000000673. The number of carbonyl (C=O) groups is 4. The maximum atomic E-state index is 12.8. The number of nitrogen functional groups attached to an aromatic ring is 1. The molecule has 1 aromatic carbocycles. The van der Waals surface area contributed by atoms with Crippen molar-refractivity contribution in [3.8, 4) is 0 Å². The molecule has 5 N–H and O–H groups in total. The van der Waals surface area contributed by atoms with Gasteiger partial charge in [0.1, 0.15) is 11.5 Å². The van der Waals surface area contributed by atoms with Crippen molar-refractivity contribution < 1.29 is 42.2 Å². The summed E-state index contributed by atoms with van der Waals surface area (Å²) in [6.07, 6.45) is -1.22. The van der Waals surface area contributed by atoms with Crippen molar-refractivity contribution in [1.29, 1.82) is 5.41 Å². The van der Waals surface area contributed by atoms with Crippen LogP contribution in [0.1, 0.15) is 39.7 Å². The lowest BCUT2D eigenvalue weighted by atomic mass is 9.92. The zero-order valence-electron chi connectivity index (χ0n) is 20.7. The molecule has 0 aliphatic carbocycles. The van der Waals surface area contributed by atoms with Crippen LogP contribution in [0.4, 0.5) is 13.2 Å². The Kier molecular flexibility index (Phi) is 10.7. The number of allylic oxidation sites excluding steroid dienone is 1. The summed E-state index contributed by atoms with van der Waals surface area (Å²) in [5.41, 5.74) is 7.86. The number of alkyl halides is 3. The van der Waals surface area contributed by atoms with E-state index < -0.39 is 30.1 Å². The highest BCUT2D eigenvalue weighted by molar-refractivity contribution is 7.12. The van der Waals surface area contributed by atoms with E-state index in [9.17, 15) is 27.6 Å². The number of esters is 1. The van der Waals surface area contributed by atoms with Crippen LogP contribution in [0.25, 0.3) is 0 Å². The molecule has 0 fully saturated rings. The number of benzene rings is 1. The molecule has 10 nitrogen and oxygen atoms in total. The summed E-state index contributed by atoms with van der Waals surface area (Å²) < 4.78 is 36.7. The number of carboxylic acids is 1. The zero-order chi connectivity index (χ0) is 29.3. The summed E-state index contributed by atoms with van der Waals surface area (Å²) in [5, 5.41) is 19.3. The van der Waals surface area contributed by atoms with Crippen molar-refractivity contribution >= 4 is 46.5 Å². The van der Waals surface area contributed by atoms with Crippen molar-refractivity contribution in [1.82, 2.24) is 5.32 Å². The number of ketones is 1. The molecule has 0 bridgehead atoms. The van der Waals surface area contributed by atoms with Crippen molar-refractivity contribution in [2.24, 2.45) is 16.6 Å². The van der Waals surface area contributed by atoms with Crippen molar-refractivity contribution in [3.05, 3.63) is 69.6 Å². The predicted molar refractivity (Wildman–Crippen MR) is 137 cm³/mol. The van der Waals surface area contributed by atoms with Gasteiger partial charge in [-0.15, -0.1) is 11.3 Å². The molecular weight excluding hydrogens is 541 g/mol. The molecule has 1 aliphatic heterocycles. The highest BCUT2D eigenvalue weighted by Crippen LogP contribution is 2.20. The molecule has 1 aromatic heterocycles. The first-order valence-electron chi connectivity index (χ1n) is 11.2. The summed E-state index contributed by atoms with van der Waals surface area (Å²) in [4.78, 5) is 50.7. The molecule has 208 valence electrons. The highest BCUT2D eigenvalue weighted by atomic mass is 32.1. The Morgan fingerprint density at radius 3 is 2.51 bits per heavy atom. The van der Waals surface area contributed by atoms with Crippen molar-refractivity contribution in [2.45, 2.75) is 32.0 Å². The quantitative estimate of drug-likeness (QED) is 0.216. The minimum atomic E-state index is -5.08. The number of aliphatic imine (C=N–C) groups is 1. The number of carbonyl (C=O) groups excluding carboxylic acids is 3. The number of nitrogens with two attached hydrogens (primary N) is 1. The number of thiophene rings is 1. The van der Waals surface area contributed by atoms with Gasteiger partial charge in [0.2, 0.25) is 0 Å². The average Bonchev–Trinajstić information content (AvgIpc) is 3.37. The summed E-state index contributed by atoms with van der Waals surface area (Å²) in [6, 6.07) is 8.16. The number of nitrogens with one attached hydrogen (secondary N) is 2. The number of Topliss-reactive ketones (excluding diaryl/α,β-unsaturated/α-hetero) is 1. The third kappa shape index (κ3) is 8.88. The second kappa shape index (κ2) is 13.5. The van der Waals surface area contributed by atoms with Gasteiger partial charge in [-0.2, -0.15) is 13.2 Å². The van der Waals surface area contributed by atoms with Crippen LogP contribution >= 0.6 is 11.3 Å². The van der Waals surface area contributed by atoms with Crippen LogP contribution < -0.4 is 11.1 Å². The summed E-state index contributed by atoms with van der Waals surface area (Å²) in [5.74, 6) is -4.35. The SMILES string of the molecule is COC(=O)[C@H](Cc1cccc(C(=N)N)c1)[C@@H](C)NC(=O)c1cc(C2=NC=CCC2=O)cs1.O=C(O)C(F)(F)F. The van der Waals surface area contributed by atoms with E-state index in [2.05, 4.69) is 10.3 Å². The third-order valence-corrected chi connectivity index (χ3v) is 6.30. The number of hydrogen-bond acceptors (Lipinski definition) is 8. The molecular formula is C25H25F3N4O6S. The van der Waals surface area contributed by atoms with E-state index >= 15 is 0 Å². The number of hydrogen-bond donors (Lipinski definition) is 4. The van der Waals surface area contributed by atoms with Gasteiger partial charge < -0.3 is 20.9 Å². The standard InChI is InChI=1S/C23H24N4O4S.C2HF3O2/c1-13(17(23(30)31-2)10-14-5-3-6-15(9-14)21(24)25)27-22(29)19-11-16(12-32-19)20-18(28)7-4-8-26-20;3-2(4,5)1(6)7/h3-6,8-9,11-13,17H,7,10H2,1-2H3,(H3,24,25)(H,27,29);(H,6,7)/t13-,17-;/m1./s1.